The van der Waals surface area contributed by atoms with Crippen LogP contribution in [0.4, 0.5) is 0 Å². The maximum absolute atomic E-state index is 12.6. The van der Waals surface area contributed by atoms with E-state index in [4.69, 9.17) is 9.26 Å². The molecule has 0 bridgehead atoms. The molecule has 2 aromatic heterocycles. The van der Waals surface area contributed by atoms with Crippen LogP contribution in [-0.2, 0) is 16.1 Å². The number of nitrogens with zero attached hydrogens (tertiary/aromatic N) is 3. The fourth-order valence-electron chi connectivity index (χ4n) is 2.50. The second kappa shape index (κ2) is 7.12. The molecule has 0 aliphatic rings. The van der Waals surface area contributed by atoms with Gasteiger partial charge >= 0.3 is 5.97 Å². The van der Waals surface area contributed by atoms with Crippen molar-refractivity contribution >= 4 is 16.9 Å². The molecule has 0 amide bonds. The summed E-state index contributed by atoms with van der Waals surface area (Å²) in [5, 5.41) is 8.92. The number of carbonyl (C=O) groups is 1. The second-order valence-electron chi connectivity index (χ2n) is 5.32. The molecule has 3 rings (SSSR count). The summed E-state index contributed by atoms with van der Waals surface area (Å²) in [4.78, 5) is 23.9. The van der Waals surface area contributed by atoms with Crippen molar-refractivity contribution in [1.29, 1.82) is 0 Å². The minimum absolute atomic E-state index is 0.124. The number of allylic oxidation sites excluding steroid dienone is 1. The Kier molecular flexibility index (Phi) is 4.74. The third kappa shape index (κ3) is 3.35. The maximum Gasteiger partial charge on any atom is 0.330 e. The molecular formula is C18H17N3O4. The summed E-state index contributed by atoms with van der Waals surface area (Å²) in [5.41, 5.74) is 1.30. The van der Waals surface area contributed by atoms with Crippen molar-refractivity contribution in [2.75, 3.05) is 6.61 Å². The van der Waals surface area contributed by atoms with Crippen molar-refractivity contribution in [2.45, 2.75) is 20.4 Å². The van der Waals surface area contributed by atoms with Gasteiger partial charge in [0, 0.05) is 11.6 Å². The second-order valence-corrected chi connectivity index (χ2v) is 5.32. The lowest BCUT2D eigenvalue weighted by atomic mass is 10.1. The number of ether oxygens (including phenoxy) is 1. The van der Waals surface area contributed by atoms with E-state index in [1.807, 2.05) is 30.3 Å². The summed E-state index contributed by atoms with van der Waals surface area (Å²) in [6.07, 6.45) is 2.80. The van der Waals surface area contributed by atoms with Crippen molar-refractivity contribution in [1.82, 2.24) is 14.9 Å². The van der Waals surface area contributed by atoms with E-state index in [9.17, 15) is 9.59 Å². The zero-order chi connectivity index (χ0) is 17.8. The van der Waals surface area contributed by atoms with Gasteiger partial charge in [-0.15, -0.1) is 0 Å². The highest BCUT2D eigenvalue weighted by Crippen LogP contribution is 2.26. The third-order valence-corrected chi connectivity index (χ3v) is 3.62. The number of aryl methyl sites for hydroxylation is 1. The highest BCUT2D eigenvalue weighted by atomic mass is 16.5. The molecule has 25 heavy (non-hydrogen) atoms. The van der Waals surface area contributed by atoms with Crippen molar-refractivity contribution < 1.29 is 14.1 Å². The van der Waals surface area contributed by atoms with Crippen LogP contribution in [0, 0.1) is 6.92 Å². The number of hydrogen-bond donors (Lipinski definition) is 0. The molecular weight excluding hydrogens is 322 g/mol. The van der Waals surface area contributed by atoms with E-state index < -0.39 is 5.97 Å². The lowest BCUT2D eigenvalue weighted by Crippen LogP contribution is -2.23. The van der Waals surface area contributed by atoms with E-state index in [0.717, 1.165) is 5.56 Å². The zero-order valence-electron chi connectivity index (χ0n) is 13.9. The first-order valence-corrected chi connectivity index (χ1v) is 7.87. The van der Waals surface area contributed by atoms with Gasteiger partial charge in [0.2, 0.25) is 0 Å². The molecule has 0 saturated carbocycles. The fraction of sp³-hybridized carbons (Fsp3) is 0.222. The SMILES string of the molecule is CCOC(=O)/C=C/Cn1nc(-c2ccccc2)c2c(C)onc2c1=O. The highest BCUT2D eigenvalue weighted by molar-refractivity contribution is 5.92. The van der Waals surface area contributed by atoms with Crippen molar-refractivity contribution in [2.24, 2.45) is 0 Å². The zero-order valence-corrected chi connectivity index (χ0v) is 13.9. The Labute approximate surface area is 143 Å². The molecule has 0 aliphatic carbocycles. The number of benzene rings is 1. The first-order chi connectivity index (χ1) is 12.1. The minimum Gasteiger partial charge on any atom is -0.463 e. The summed E-state index contributed by atoms with van der Waals surface area (Å²) >= 11 is 0. The summed E-state index contributed by atoms with van der Waals surface area (Å²) in [7, 11) is 0. The average molecular weight is 339 g/mol. The standard InChI is InChI=1S/C18H17N3O4/c1-3-24-14(22)10-7-11-21-18(23)17-15(12(2)25-20-17)16(19-21)13-8-5-4-6-9-13/h4-10H,3,11H2,1-2H3/b10-7+. The Morgan fingerprint density at radius 3 is 2.80 bits per heavy atom. The molecule has 0 N–H and O–H groups in total. The number of hydrogen-bond acceptors (Lipinski definition) is 6. The van der Waals surface area contributed by atoms with Gasteiger partial charge in [-0.1, -0.05) is 41.6 Å². The van der Waals surface area contributed by atoms with Crippen LogP contribution in [0.15, 0.2) is 51.8 Å². The number of carbonyl (C=O) groups excluding carboxylic acids is 1. The molecule has 7 nitrogen and oxygen atoms in total. The molecule has 2 heterocycles. The molecule has 7 heteroatoms. The van der Waals surface area contributed by atoms with Crippen molar-refractivity contribution in [3.05, 3.63) is 58.6 Å². The van der Waals surface area contributed by atoms with Crippen LogP contribution >= 0.6 is 0 Å². The normalized spacial score (nSPS) is 11.3. The Bertz CT molecular complexity index is 987. The Morgan fingerprint density at radius 1 is 1.32 bits per heavy atom. The molecule has 3 aromatic rings. The third-order valence-electron chi connectivity index (χ3n) is 3.62. The lowest BCUT2D eigenvalue weighted by Gasteiger charge is -2.07. The Balaban J connectivity index is 2.07. The van der Waals surface area contributed by atoms with Gasteiger partial charge in [-0.25, -0.2) is 9.48 Å². The molecule has 1 aromatic carbocycles. The molecule has 0 fully saturated rings. The van der Waals surface area contributed by atoms with Crippen LogP contribution in [-0.4, -0.2) is 27.5 Å². The van der Waals surface area contributed by atoms with Crippen LogP contribution in [0.2, 0.25) is 0 Å². The van der Waals surface area contributed by atoms with Crippen LogP contribution in [0.5, 0.6) is 0 Å². The monoisotopic (exact) mass is 339 g/mol. The van der Waals surface area contributed by atoms with Gasteiger partial charge in [0.15, 0.2) is 5.52 Å². The van der Waals surface area contributed by atoms with E-state index in [1.165, 1.54) is 16.8 Å². The molecule has 0 unspecified atom stereocenters. The summed E-state index contributed by atoms with van der Waals surface area (Å²) in [6.45, 7) is 3.89. The van der Waals surface area contributed by atoms with Gasteiger partial charge in [0.05, 0.1) is 18.5 Å². The largest absolute Gasteiger partial charge is 0.463 e. The van der Waals surface area contributed by atoms with E-state index in [-0.39, 0.29) is 17.6 Å². The van der Waals surface area contributed by atoms with Gasteiger partial charge in [0.1, 0.15) is 11.5 Å². The van der Waals surface area contributed by atoms with Crippen LogP contribution in [0.3, 0.4) is 0 Å². The topological polar surface area (TPSA) is 87.2 Å². The molecule has 0 radical (unpaired) electrons. The first kappa shape index (κ1) is 16.6. The van der Waals surface area contributed by atoms with Gasteiger partial charge in [-0.2, -0.15) is 5.10 Å². The number of fused-ring (bicyclic) bond motifs is 1. The maximum atomic E-state index is 12.6. The molecule has 0 aliphatic heterocycles. The summed E-state index contributed by atoms with van der Waals surface area (Å²) in [6, 6.07) is 9.48. The van der Waals surface area contributed by atoms with Gasteiger partial charge in [0.25, 0.3) is 5.56 Å². The molecule has 0 saturated heterocycles. The van der Waals surface area contributed by atoms with E-state index in [0.29, 0.717) is 23.4 Å². The number of rotatable bonds is 5. The molecule has 128 valence electrons. The first-order valence-electron chi connectivity index (χ1n) is 7.87. The van der Waals surface area contributed by atoms with Gasteiger partial charge < -0.3 is 9.26 Å². The minimum atomic E-state index is -0.461. The smallest absolute Gasteiger partial charge is 0.330 e. The number of esters is 1. The van der Waals surface area contributed by atoms with E-state index in [1.54, 1.807) is 13.8 Å². The average Bonchev–Trinajstić information content (AvgIpc) is 3.00. The van der Waals surface area contributed by atoms with E-state index >= 15 is 0 Å². The van der Waals surface area contributed by atoms with Crippen LogP contribution in [0.25, 0.3) is 22.2 Å². The Morgan fingerprint density at radius 2 is 2.08 bits per heavy atom. The predicted octanol–water partition coefficient (Wildman–Crippen LogP) is 2.48. The van der Waals surface area contributed by atoms with Crippen molar-refractivity contribution in [3.8, 4) is 11.3 Å². The summed E-state index contributed by atoms with van der Waals surface area (Å²) < 4.78 is 11.3. The number of aromatic nitrogens is 3. The van der Waals surface area contributed by atoms with Gasteiger partial charge in [-0.3, -0.25) is 4.79 Å². The molecule has 0 spiro atoms. The fourth-order valence-corrected chi connectivity index (χ4v) is 2.50. The van der Waals surface area contributed by atoms with Crippen LogP contribution in [0.1, 0.15) is 12.7 Å². The highest BCUT2D eigenvalue weighted by Gasteiger charge is 2.18. The van der Waals surface area contributed by atoms with Gasteiger partial charge in [-0.05, 0) is 13.8 Å². The predicted molar refractivity (Wildman–Crippen MR) is 92.0 cm³/mol. The van der Waals surface area contributed by atoms with Crippen molar-refractivity contribution in [3.63, 3.8) is 0 Å². The quantitative estimate of drug-likeness (QED) is 0.524. The van der Waals surface area contributed by atoms with Crippen LogP contribution < -0.4 is 5.56 Å². The lowest BCUT2D eigenvalue weighted by molar-refractivity contribution is -0.137. The summed E-state index contributed by atoms with van der Waals surface area (Å²) in [5.74, 6) is 0.0739. The van der Waals surface area contributed by atoms with E-state index in [2.05, 4.69) is 10.3 Å². The molecule has 0 atom stereocenters. The Hall–Kier alpha value is -3.22.